The lowest BCUT2D eigenvalue weighted by molar-refractivity contribution is -0.0690. The highest BCUT2D eigenvalue weighted by atomic mass is 16.5. The van der Waals surface area contributed by atoms with Gasteiger partial charge in [-0.15, -0.1) is 0 Å². The first-order valence-corrected chi connectivity index (χ1v) is 5.99. The number of benzene rings is 1. The molecule has 4 nitrogen and oxygen atoms in total. The minimum Gasteiger partial charge on any atom is -0.496 e. The third kappa shape index (κ3) is 2.14. The van der Waals surface area contributed by atoms with Gasteiger partial charge in [-0.3, -0.25) is 0 Å². The van der Waals surface area contributed by atoms with Crippen molar-refractivity contribution in [3.63, 3.8) is 0 Å². The summed E-state index contributed by atoms with van der Waals surface area (Å²) < 4.78 is 10.4. The Balaban J connectivity index is 2.11. The van der Waals surface area contributed by atoms with E-state index in [0.717, 1.165) is 22.6 Å². The lowest BCUT2D eigenvalue weighted by Crippen LogP contribution is -2.46. The van der Waals surface area contributed by atoms with Crippen molar-refractivity contribution in [2.75, 3.05) is 32.2 Å². The summed E-state index contributed by atoms with van der Waals surface area (Å²) in [5.74, 6) is 0.889. The smallest absolute Gasteiger partial charge is 0.122 e. The number of ether oxygens (including phenoxy) is 2. The lowest BCUT2D eigenvalue weighted by Gasteiger charge is -2.35. The lowest BCUT2D eigenvalue weighted by atomic mass is 9.87. The van der Waals surface area contributed by atoms with Gasteiger partial charge in [-0.25, -0.2) is 0 Å². The normalized spacial score (nSPS) is 16.6. The Bertz CT molecular complexity index is 487. The highest BCUT2D eigenvalue weighted by Gasteiger charge is 2.38. The summed E-state index contributed by atoms with van der Waals surface area (Å²) in [5.41, 5.74) is 2.97. The van der Waals surface area contributed by atoms with Crippen LogP contribution in [0.2, 0.25) is 0 Å². The van der Waals surface area contributed by atoms with E-state index in [1.54, 1.807) is 7.11 Å². The van der Waals surface area contributed by atoms with Gasteiger partial charge in [0.05, 0.1) is 26.4 Å². The summed E-state index contributed by atoms with van der Waals surface area (Å²) in [6, 6.07) is 6.27. The molecule has 2 rings (SSSR count). The molecule has 0 aromatic heterocycles. The van der Waals surface area contributed by atoms with E-state index in [-0.39, 0.29) is 5.41 Å². The van der Waals surface area contributed by atoms with E-state index in [1.165, 1.54) is 0 Å². The number of anilines is 1. The number of nitrogens with one attached hydrogen (secondary N) is 1. The number of methoxy groups -OCH3 is 1. The van der Waals surface area contributed by atoms with Gasteiger partial charge in [-0.05, 0) is 37.1 Å². The molecule has 1 heterocycles. The highest BCUT2D eigenvalue weighted by molar-refractivity contribution is 5.58. The van der Waals surface area contributed by atoms with E-state index in [0.29, 0.717) is 19.8 Å². The standard InChI is InChI=1S/C14H18N2O2/c1-10-11(2)13(17-3)5-4-12(10)16-7-14(6-15)8-18-9-14/h4-5,16H,7-9H2,1-3H3. The second-order valence-corrected chi connectivity index (χ2v) is 4.80. The maximum atomic E-state index is 9.13. The summed E-state index contributed by atoms with van der Waals surface area (Å²) in [6.07, 6.45) is 0. The van der Waals surface area contributed by atoms with Crippen LogP contribution in [-0.2, 0) is 4.74 Å². The molecule has 1 aromatic rings. The van der Waals surface area contributed by atoms with E-state index in [9.17, 15) is 0 Å². The highest BCUT2D eigenvalue weighted by Crippen LogP contribution is 2.30. The molecule has 1 aliphatic heterocycles. The fourth-order valence-electron chi connectivity index (χ4n) is 2.03. The average molecular weight is 246 g/mol. The largest absolute Gasteiger partial charge is 0.496 e. The van der Waals surface area contributed by atoms with Gasteiger partial charge in [-0.1, -0.05) is 0 Å². The SMILES string of the molecule is COc1ccc(NCC2(C#N)COC2)c(C)c1C. The molecule has 96 valence electrons. The van der Waals surface area contributed by atoms with Gasteiger partial charge >= 0.3 is 0 Å². The molecular formula is C14H18N2O2. The molecule has 1 fully saturated rings. The Kier molecular flexibility index (Phi) is 3.44. The molecule has 0 unspecified atom stereocenters. The van der Waals surface area contributed by atoms with Gasteiger partial charge in [-0.2, -0.15) is 5.26 Å². The Morgan fingerprint density at radius 1 is 1.39 bits per heavy atom. The molecule has 1 saturated heterocycles. The van der Waals surface area contributed by atoms with E-state index in [2.05, 4.69) is 18.3 Å². The topological polar surface area (TPSA) is 54.3 Å². The first-order chi connectivity index (χ1) is 8.62. The van der Waals surface area contributed by atoms with Gasteiger partial charge in [0, 0.05) is 12.2 Å². The fraction of sp³-hybridized carbons (Fsp3) is 0.500. The second kappa shape index (κ2) is 4.87. The van der Waals surface area contributed by atoms with Crippen LogP contribution in [0.15, 0.2) is 12.1 Å². The Morgan fingerprint density at radius 3 is 2.61 bits per heavy atom. The van der Waals surface area contributed by atoms with Gasteiger partial charge in [0.1, 0.15) is 11.2 Å². The average Bonchev–Trinajstić information content (AvgIpc) is 2.33. The van der Waals surface area contributed by atoms with Gasteiger partial charge in [0.2, 0.25) is 0 Å². The number of hydrogen-bond acceptors (Lipinski definition) is 4. The van der Waals surface area contributed by atoms with Gasteiger partial charge in [0.25, 0.3) is 0 Å². The van der Waals surface area contributed by atoms with Crippen molar-refractivity contribution >= 4 is 5.69 Å². The molecule has 0 amide bonds. The van der Waals surface area contributed by atoms with Crippen LogP contribution >= 0.6 is 0 Å². The zero-order valence-electron chi connectivity index (χ0n) is 11.0. The predicted molar refractivity (Wildman–Crippen MR) is 69.8 cm³/mol. The van der Waals surface area contributed by atoms with Crippen LogP contribution in [0.5, 0.6) is 5.75 Å². The van der Waals surface area contributed by atoms with Gasteiger partial charge < -0.3 is 14.8 Å². The van der Waals surface area contributed by atoms with Crippen LogP contribution < -0.4 is 10.1 Å². The monoisotopic (exact) mass is 246 g/mol. The van der Waals surface area contributed by atoms with E-state index < -0.39 is 0 Å². The quantitative estimate of drug-likeness (QED) is 0.885. The molecule has 4 heteroatoms. The zero-order chi connectivity index (χ0) is 13.2. The molecule has 18 heavy (non-hydrogen) atoms. The molecule has 0 atom stereocenters. The van der Waals surface area contributed by atoms with E-state index in [4.69, 9.17) is 14.7 Å². The van der Waals surface area contributed by atoms with Crippen molar-refractivity contribution in [3.8, 4) is 11.8 Å². The maximum absolute atomic E-state index is 9.13. The number of nitriles is 1. The summed E-state index contributed by atoms with van der Waals surface area (Å²) in [7, 11) is 1.67. The van der Waals surface area contributed by atoms with Crippen LogP contribution in [0.25, 0.3) is 0 Å². The second-order valence-electron chi connectivity index (χ2n) is 4.80. The van der Waals surface area contributed by atoms with Crippen molar-refractivity contribution < 1.29 is 9.47 Å². The van der Waals surface area contributed by atoms with Crippen LogP contribution in [0.3, 0.4) is 0 Å². The minimum atomic E-state index is -0.361. The molecular weight excluding hydrogens is 228 g/mol. The van der Waals surface area contributed by atoms with Crippen molar-refractivity contribution in [2.24, 2.45) is 5.41 Å². The summed E-state index contributed by atoms with van der Waals surface area (Å²) in [6.45, 7) is 5.74. The van der Waals surface area contributed by atoms with Gasteiger partial charge in [0.15, 0.2) is 0 Å². The molecule has 0 spiro atoms. The zero-order valence-corrected chi connectivity index (χ0v) is 11.0. The Morgan fingerprint density at radius 2 is 2.11 bits per heavy atom. The van der Waals surface area contributed by atoms with Crippen LogP contribution in [-0.4, -0.2) is 26.9 Å². The van der Waals surface area contributed by atoms with E-state index in [1.807, 2.05) is 19.1 Å². The fourth-order valence-corrected chi connectivity index (χ4v) is 2.03. The molecule has 0 saturated carbocycles. The van der Waals surface area contributed by atoms with Crippen molar-refractivity contribution in [1.29, 1.82) is 5.26 Å². The number of rotatable bonds is 4. The van der Waals surface area contributed by atoms with Crippen LogP contribution in [0, 0.1) is 30.6 Å². The summed E-state index contributed by atoms with van der Waals surface area (Å²) >= 11 is 0. The molecule has 1 N–H and O–H groups in total. The molecule has 0 radical (unpaired) electrons. The van der Waals surface area contributed by atoms with Crippen molar-refractivity contribution in [1.82, 2.24) is 0 Å². The van der Waals surface area contributed by atoms with Crippen LogP contribution in [0.4, 0.5) is 5.69 Å². The first kappa shape index (κ1) is 12.7. The maximum Gasteiger partial charge on any atom is 0.122 e. The molecule has 0 aliphatic carbocycles. The third-order valence-electron chi connectivity index (χ3n) is 3.57. The Labute approximate surface area is 108 Å². The number of nitrogens with zero attached hydrogens (tertiary/aromatic N) is 1. The molecule has 0 bridgehead atoms. The Hall–Kier alpha value is -1.73. The van der Waals surface area contributed by atoms with Crippen LogP contribution in [0.1, 0.15) is 11.1 Å². The predicted octanol–water partition coefficient (Wildman–Crippen LogP) is 2.26. The van der Waals surface area contributed by atoms with E-state index >= 15 is 0 Å². The summed E-state index contributed by atoms with van der Waals surface area (Å²) in [4.78, 5) is 0. The molecule has 1 aliphatic rings. The summed E-state index contributed by atoms with van der Waals surface area (Å²) in [5, 5.41) is 12.5. The minimum absolute atomic E-state index is 0.361. The molecule has 1 aromatic carbocycles. The van der Waals surface area contributed by atoms with Crippen molar-refractivity contribution in [2.45, 2.75) is 13.8 Å². The third-order valence-corrected chi connectivity index (χ3v) is 3.57. The van der Waals surface area contributed by atoms with Crippen molar-refractivity contribution in [3.05, 3.63) is 23.3 Å². The number of hydrogen-bond donors (Lipinski definition) is 1. The first-order valence-electron chi connectivity index (χ1n) is 5.99.